The third kappa shape index (κ3) is 6.55. The maximum atomic E-state index is 12.7. The Kier molecular flexibility index (Phi) is 8.50. The van der Waals surface area contributed by atoms with E-state index in [1.54, 1.807) is 0 Å². The lowest BCUT2D eigenvalue weighted by molar-refractivity contribution is -0.116. The monoisotopic (exact) mass is 512 g/mol. The summed E-state index contributed by atoms with van der Waals surface area (Å²) in [4.78, 5) is 38.0. The van der Waals surface area contributed by atoms with E-state index in [-0.39, 0.29) is 29.1 Å². The molecular weight excluding hydrogens is 488 g/mol. The number of anilines is 1. The Morgan fingerprint density at radius 2 is 1.79 bits per heavy atom. The number of halogens is 1. The molecule has 0 spiro atoms. The largest absolute Gasteiger partial charge is 0.453 e. The highest BCUT2D eigenvalue weighted by Gasteiger charge is 2.27. The van der Waals surface area contributed by atoms with E-state index in [9.17, 15) is 22.8 Å². The molecule has 0 aliphatic heterocycles. The molecule has 0 radical (unpaired) electrons. The quantitative estimate of drug-likeness (QED) is 0.532. The molecule has 0 unspecified atom stereocenters. The van der Waals surface area contributed by atoms with Gasteiger partial charge in [0.1, 0.15) is 5.00 Å². The fraction of sp³-hybridized carbons (Fsp3) is 0.409. The van der Waals surface area contributed by atoms with Crippen molar-refractivity contribution in [1.82, 2.24) is 5.32 Å². The molecule has 3 rings (SSSR count). The van der Waals surface area contributed by atoms with Crippen molar-refractivity contribution in [2.24, 2.45) is 0 Å². The smallest absolute Gasteiger partial charge is 0.413 e. The number of methoxy groups -OCH3 is 1. The van der Waals surface area contributed by atoms with Crippen LogP contribution in [0.15, 0.2) is 29.2 Å². The Morgan fingerprint density at radius 3 is 2.48 bits per heavy atom. The number of sulfone groups is 1. The predicted octanol–water partition coefficient (Wildman–Crippen LogP) is 4.36. The Morgan fingerprint density at radius 1 is 1.09 bits per heavy atom. The number of hydrogen-bond acceptors (Lipinski definition) is 7. The van der Waals surface area contributed by atoms with Crippen molar-refractivity contribution in [2.45, 2.75) is 49.8 Å². The first kappa shape index (κ1) is 25.2. The summed E-state index contributed by atoms with van der Waals surface area (Å²) in [6.45, 7) is 0. The summed E-state index contributed by atoms with van der Waals surface area (Å²) in [5.41, 5.74) is 1.13. The van der Waals surface area contributed by atoms with E-state index in [0.717, 1.165) is 43.2 Å². The van der Waals surface area contributed by atoms with Crippen molar-refractivity contribution in [3.8, 4) is 0 Å². The van der Waals surface area contributed by atoms with Crippen molar-refractivity contribution in [2.75, 3.05) is 18.2 Å². The van der Waals surface area contributed by atoms with Crippen LogP contribution < -0.4 is 10.6 Å². The average Bonchev–Trinajstić information content (AvgIpc) is 2.94. The Balaban J connectivity index is 1.69. The number of ether oxygens (including phenoxy) is 1. The van der Waals surface area contributed by atoms with E-state index >= 15 is 0 Å². The van der Waals surface area contributed by atoms with Gasteiger partial charge in [-0.25, -0.2) is 13.2 Å². The molecule has 0 atom stereocenters. The highest BCUT2D eigenvalue weighted by atomic mass is 35.5. The molecule has 3 amide bonds. The van der Waals surface area contributed by atoms with Gasteiger partial charge in [0.2, 0.25) is 5.91 Å². The second-order valence-corrected chi connectivity index (χ2v) is 11.3. The number of thiophene rings is 1. The van der Waals surface area contributed by atoms with Gasteiger partial charge in [0.05, 0.1) is 23.3 Å². The van der Waals surface area contributed by atoms with Gasteiger partial charge in [-0.1, -0.05) is 18.0 Å². The molecule has 1 aliphatic carbocycles. The Labute approximate surface area is 201 Å². The van der Waals surface area contributed by atoms with Gasteiger partial charge in [-0.2, -0.15) is 0 Å². The molecular formula is C22H25ClN2O6S2. The van der Waals surface area contributed by atoms with Gasteiger partial charge in [0.15, 0.2) is 9.84 Å². The van der Waals surface area contributed by atoms with E-state index in [2.05, 4.69) is 15.4 Å². The number of nitrogens with one attached hydrogen (secondary N) is 2. The van der Waals surface area contributed by atoms with Crippen LogP contribution in [-0.4, -0.2) is 39.2 Å². The summed E-state index contributed by atoms with van der Waals surface area (Å²) in [7, 11) is -2.38. The number of hydrogen-bond donors (Lipinski definition) is 2. The standard InChI is InChI=1S/C22H25ClN2O6S2/c1-31-22(28)25-20(27)19-16-6-3-2-4-7-17(16)32-21(19)24-18(26)8-5-13-33(29,30)15-11-9-14(23)10-12-15/h9-12H,2-8,13H2,1H3,(H,24,26)(H,25,27,28). The minimum atomic E-state index is -3.54. The van der Waals surface area contributed by atoms with Gasteiger partial charge in [0, 0.05) is 16.3 Å². The number of carbonyl (C=O) groups is 3. The Hall–Kier alpha value is -2.43. The topological polar surface area (TPSA) is 119 Å². The summed E-state index contributed by atoms with van der Waals surface area (Å²) < 4.78 is 29.4. The summed E-state index contributed by atoms with van der Waals surface area (Å²) in [6, 6.07) is 5.87. The van der Waals surface area contributed by atoms with E-state index in [0.29, 0.717) is 16.4 Å². The number of aryl methyl sites for hydroxylation is 1. The zero-order valence-corrected chi connectivity index (χ0v) is 20.5. The van der Waals surface area contributed by atoms with Crippen molar-refractivity contribution >= 4 is 55.7 Å². The lowest BCUT2D eigenvalue weighted by Crippen LogP contribution is -2.31. The summed E-state index contributed by atoms with van der Waals surface area (Å²) in [5.74, 6) is -1.22. The van der Waals surface area contributed by atoms with E-state index < -0.39 is 27.7 Å². The third-order valence-electron chi connectivity index (χ3n) is 5.29. The van der Waals surface area contributed by atoms with Crippen LogP contribution in [0.1, 0.15) is 52.9 Å². The minimum absolute atomic E-state index is 0.0343. The van der Waals surface area contributed by atoms with Gasteiger partial charge >= 0.3 is 6.09 Å². The molecule has 0 bridgehead atoms. The number of rotatable bonds is 7. The molecule has 11 heteroatoms. The van der Waals surface area contributed by atoms with Crippen LogP contribution in [-0.2, 0) is 32.2 Å². The second-order valence-electron chi connectivity index (χ2n) is 7.64. The number of imide groups is 1. The summed E-state index contributed by atoms with van der Waals surface area (Å²) in [5, 5.41) is 5.72. The number of amides is 3. The fourth-order valence-corrected chi connectivity index (χ4v) is 6.39. The molecule has 1 aromatic carbocycles. The van der Waals surface area contributed by atoms with E-state index in [1.165, 1.54) is 35.6 Å². The normalized spacial score (nSPS) is 13.5. The van der Waals surface area contributed by atoms with Gasteiger partial charge in [-0.3, -0.25) is 14.9 Å². The van der Waals surface area contributed by atoms with Gasteiger partial charge in [-0.05, 0) is 61.9 Å². The zero-order chi connectivity index (χ0) is 24.0. The van der Waals surface area contributed by atoms with Crippen LogP contribution in [0.3, 0.4) is 0 Å². The molecule has 1 aliphatic rings. The molecule has 2 aromatic rings. The van der Waals surface area contributed by atoms with Gasteiger partial charge in [-0.15, -0.1) is 11.3 Å². The van der Waals surface area contributed by atoms with E-state index in [1.807, 2.05) is 0 Å². The van der Waals surface area contributed by atoms with Crippen LogP contribution in [0.5, 0.6) is 0 Å². The van der Waals surface area contributed by atoms with Crippen molar-refractivity contribution in [3.05, 3.63) is 45.3 Å². The molecule has 33 heavy (non-hydrogen) atoms. The molecule has 0 fully saturated rings. The summed E-state index contributed by atoms with van der Waals surface area (Å²) in [6.07, 6.45) is 3.64. The highest BCUT2D eigenvalue weighted by Crippen LogP contribution is 2.37. The van der Waals surface area contributed by atoms with E-state index in [4.69, 9.17) is 11.6 Å². The molecule has 0 saturated heterocycles. The first-order chi connectivity index (χ1) is 15.7. The SMILES string of the molecule is COC(=O)NC(=O)c1c(NC(=O)CCCS(=O)(=O)c2ccc(Cl)cc2)sc2c1CCCCC2. The lowest BCUT2D eigenvalue weighted by Gasteiger charge is -2.09. The van der Waals surface area contributed by atoms with Crippen molar-refractivity contribution in [1.29, 1.82) is 0 Å². The number of benzene rings is 1. The van der Waals surface area contributed by atoms with Gasteiger partial charge < -0.3 is 10.1 Å². The number of fused-ring (bicyclic) bond motifs is 1. The second kappa shape index (κ2) is 11.1. The van der Waals surface area contributed by atoms with Gasteiger partial charge in [0.25, 0.3) is 5.91 Å². The number of alkyl carbamates (subject to hydrolysis) is 1. The molecule has 178 valence electrons. The first-order valence-corrected chi connectivity index (χ1v) is 13.4. The first-order valence-electron chi connectivity index (χ1n) is 10.5. The Bertz CT molecular complexity index is 1140. The van der Waals surface area contributed by atoms with Crippen LogP contribution in [0.2, 0.25) is 5.02 Å². The fourth-order valence-electron chi connectivity index (χ4n) is 3.65. The predicted molar refractivity (Wildman–Crippen MR) is 127 cm³/mol. The molecule has 8 nitrogen and oxygen atoms in total. The average molecular weight is 513 g/mol. The van der Waals surface area contributed by atoms with Crippen molar-refractivity contribution in [3.63, 3.8) is 0 Å². The molecule has 1 heterocycles. The maximum Gasteiger partial charge on any atom is 0.413 e. The van der Waals surface area contributed by atoms with Crippen LogP contribution in [0, 0.1) is 0 Å². The minimum Gasteiger partial charge on any atom is -0.453 e. The van der Waals surface area contributed by atoms with Crippen molar-refractivity contribution < 1.29 is 27.5 Å². The zero-order valence-electron chi connectivity index (χ0n) is 18.1. The van der Waals surface area contributed by atoms with Crippen LogP contribution >= 0.6 is 22.9 Å². The molecule has 2 N–H and O–H groups in total. The number of carbonyl (C=O) groups excluding carboxylic acids is 3. The van der Waals surface area contributed by atoms with Crippen LogP contribution in [0.4, 0.5) is 9.80 Å². The highest BCUT2D eigenvalue weighted by molar-refractivity contribution is 7.91. The lowest BCUT2D eigenvalue weighted by atomic mass is 10.0. The molecule has 0 saturated carbocycles. The summed E-state index contributed by atoms with van der Waals surface area (Å²) >= 11 is 7.13. The maximum absolute atomic E-state index is 12.7. The van der Waals surface area contributed by atoms with Crippen LogP contribution in [0.25, 0.3) is 0 Å². The molecule has 1 aromatic heterocycles. The third-order valence-corrected chi connectivity index (χ3v) is 8.57.